The number of nitrogens with zero attached hydrogens (tertiary/aromatic N) is 2. The Bertz CT molecular complexity index is 526. The molecule has 1 aromatic carbocycles. The Morgan fingerprint density at radius 3 is 2.75 bits per heavy atom. The van der Waals surface area contributed by atoms with Gasteiger partial charge in [-0.2, -0.15) is 0 Å². The third-order valence-corrected chi connectivity index (χ3v) is 3.62. The Balaban J connectivity index is 2.37. The van der Waals surface area contributed by atoms with Crippen LogP contribution in [0.4, 0.5) is 11.4 Å². The number of anilines is 1. The Labute approximate surface area is 117 Å². The molecule has 20 heavy (non-hydrogen) atoms. The Hall–Kier alpha value is -2.11. The number of amides is 1. The molecular weight excluding hydrogens is 260 g/mol. The highest BCUT2D eigenvalue weighted by molar-refractivity contribution is 5.97. The molecule has 1 heterocycles. The van der Waals surface area contributed by atoms with Crippen LogP contribution in [-0.2, 0) is 4.79 Å². The lowest BCUT2D eigenvalue weighted by atomic mass is 10.0. The molecule has 0 bridgehead atoms. The number of carbonyl (C=O) groups excluding carboxylic acids is 1. The summed E-state index contributed by atoms with van der Waals surface area (Å²) in [4.78, 5) is 24.5. The molecule has 2 rings (SSSR count). The fraction of sp³-hybridized carbons (Fsp3) is 0.500. The van der Waals surface area contributed by atoms with Crippen molar-refractivity contribution < 1.29 is 14.5 Å². The standard InChI is InChI=1S/C14H18N2O4/c1-3-10(4-2)14(17)15-7-8-20-13-6-5-11(16(18)19)9-12(13)15/h5-6,9-10H,3-4,7-8H2,1-2H3. The molecule has 0 unspecified atom stereocenters. The highest BCUT2D eigenvalue weighted by atomic mass is 16.6. The van der Waals surface area contributed by atoms with Crippen LogP contribution in [0.5, 0.6) is 5.75 Å². The van der Waals surface area contributed by atoms with Gasteiger partial charge in [-0.1, -0.05) is 13.8 Å². The fourth-order valence-corrected chi connectivity index (χ4v) is 2.41. The first-order valence-electron chi connectivity index (χ1n) is 6.81. The summed E-state index contributed by atoms with van der Waals surface area (Å²) < 4.78 is 5.47. The van der Waals surface area contributed by atoms with Gasteiger partial charge >= 0.3 is 0 Å². The monoisotopic (exact) mass is 278 g/mol. The molecule has 0 aliphatic carbocycles. The van der Waals surface area contributed by atoms with E-state index >= 15 is 0 Å². The number of benzene rings is 1. The molecule has 6 nitrogen and oxygen atoms in total. The van der Waals surface area contributed by atoms with E-state index in [-0.39, 0.29) is 17.5 Å². The van der Waals surface area contributed by atoms with Crippen molar-refractivity contribution in [2.75, 3.05) is 18.1 Å². The van der Waals surface area contributed by atoms with E-state index in [0.29, 0.717) is 24.6 Å². The first-order chi connectivity index (χ1) is 9.58. The summed E-state index contributed by atoms with van der Waals surface area (Å²) in [5.74, 6) is 0.487. The second kappa shape index (κ2) is 5.90. The van der Waals surface area contributed by atoms with Crippen LogP contribution in [0.2, 0.25) is 0 Å². The molecule has 0 fully saturated rings. The first-order valence-corrected chi connectivity index (χ1v) is 6.81. The number of hydrogen-bond acceptors (Lipinski definition) is 4. The van der Waals surface area contributed by atoms with Crippen molar-refractivity contribution >= 4 is 17.3 Å². The number of nitro benzene ring substituents is 1. The molecule has 0 radical (unpaired) electrons. The van der Waals surface area contributed by atoms with E-state index in [1.54, 1.807) is 11.0 Å². The fourth-order valence-electron chi connectivity index (χ4n) is 2.41. The Morgan fingerprint density at radius 1 is 1.45 bits per heavy atom. The minimum Gasteiger partial charge on any atom is -0.490 e. The summed E-state index contributed by atoms with van der Waals surface area (Å²) in [6.45, 7) is 4.79. The van der Waals surface area contributed by atoms with Crippen LogP contribution in [-0.4, -0.2) is 24.0 Å². The predicted octanol–water partition coefficient (Wildman–Crippen LogP) is 2.76. The number of ether oxygens (including phenoxy) is 1. The number of carbonyl (C=O) groups is 1. The molecule has 0 atom stereocenters. The molecule has 0 N–H and O–H groups in total. The van der Waals surface area contributed by atoms with Gasteiger partial charge in [0, 0.05) is 18.1 Å². The van der Waals surface area contributed by atoms with Gasteiger partial charge in [0.15, 0.2) is 0 Å². The molecule has 1 aromatic rings. The summed E-state index contributed by atoms with van der Waals surface area (Å²) in [7, 11) is 0. The smallest absolute Gasteiger partial charge is 0.271 e. The van der Waals surface area contributed by atoms with E-state index in [4.69, 9.17) is 4.74 Å². The van der Waals surface area contributed by atoms with Crippen LogP contribution in [0.3, 0.4) is 0 Å². The number of non-ortho nitro benzene ring substituents is 1. The van der Waals surface area contributed by atoms with Gasteiger partial charge in [0.2, 0.25) is 5.91 Å². The van der Waals surface area contributed by atoms with Gasteiger partial charge < -0.3 is 9.64 Å². The predicted molar refractivity (Wildman–Crippen MR) is 75.0 cm³/mol. The van der Waals surface area contributed by atoms with Crippen LogP contribution in [0.1, 0.15) is 26.7 Å². The molecule has 6 heteroatoms. The highest BCUT2D eigenvalue weighted by Crippen LogP contribution is 2.36. The average Bonchev–Trinajstić information content (AvgIpc) is 2.47. The SMILES string of the molecule is CCC(CC)C(=O)N1CCOc2ccc([N+](=O)[O-])cc21. The van der Waals surface area contributed by atoms with Gasteiger partial charge in [0.05, 0.1) is 17.2 Å². The van der Waals surface area contributed by atoms with Crippen molar-refractivity contribution in [1.82, 2.24) is 0 Å². The number of hydrogen-bond donors (Lipinski definition) is 0. The Kier molecular flexibility index (Phi) is 4.22. The van der Waals surface area contributed by atoms with Gasteiger partial charge in [0.1, 0.15) is 12.4 Å². The zero-order valence-corrected chi connectivity index (χ0v) is 11.7. The van der Waals surface area contributed by atoms with E-state index in [1.165, 1.54) is 12.1 Å². The highest BCUT2D eigenvalue weighted by Gasteiger charge is 2.29. The van der Waals surface area contributed by atoms with Crippen LogP contribution < -0.4 is 9.64 Å². The summed E-state index contributed by atoms with van der Waals surface area (Å²) in [6.07, 6.45) is 1.52. The molecule has 1 amide bonds. The van der Waals surface area contributed by atoms with Crippen molar-refractivity contribution in [3.05, 3.63) is 28.3 Å². The Morgan fingerprint density at radius 2 is 2.15 bits per heavy atom. The third kappa shape index (κ3) is 2.59. The zero-order chi connectivity index (χ0) is 14.7. The van der Waals surface area contributed by atoms with Crippen LogP contribution in [0, 0.1) is 16.0 Å². The summed E-state index contributed by atoms with van der Waals surface area (Å²) >= 11 is 0. The van der Waals surface area contributed by atoms with E-state index in [1.807, 2.05) is 13.8 Å². The van der Waals surface area contributed by atoms with Crippen LogP contribution in [0.25, 0.3) is 0 Å². The molecule has 1 aliphatic heterocycles. The largest absolute Gasteiger partial charge is 0.490 e. The van der Waals surface area contributed by atoms with Crippen molar-refractivity contribution in [3.8, 4) is 5.75 Å². The topological polar surface area (TPSA) is 72.7 Å². The quantitative estimate of drug-likeness (QED) is 0.627. The van der Waals surface area contributed by atoms with E-state index in [2.05, 4.69) is 0 Å². The zero-order valence-electron chi connectivity index (χ0n) is 11.7. The van der Waals surface area contributed by atoms with Gasteiger partial charge in [-0.15, -0.1) is 0 Å². The molecule has 0 saturated heterocycles. The summed E-state index contributed by atoms with van der Waals surface area (Å²) in [6, 6.07) is 4.36. The molecule has 0 spiro atoms. The molecule has 0 saturated carbocycles. The van der Waals surface area contributed by atoms with Crippen LogP contribution >= 0.6 is 0 Å². The maximum Gasteiger partial charge on any atom is 0.271 e. The second-order valence-electron chi connectivity index (χ2n) is 4.76. The van der Waals surface area contributed by atoms with E-state index in [9.17, 15) is 14.9 Å². The lowest BCUT2D eigenvalue weighted by Gasteiger charge is -2.31. The second-order valence-corrected chi connectivity index (χ2v) is 4.76. The first kappa shape index (κ1) is 14.3. The molecule has 1 aliphatic rings. The normalized spacial score (nSPS) is 13.8. The maximum atomic E-state index is 12.5. The van der Waals surface area contributed by atoms with Gasteiger partial charge in [-0.3, -0.25) is 14.9 Å². The summed E-state index contributed by atoms with van der Waals surface area (Å²) in [5, 5.41) is 10.9. The van der Waals surface area contributed by atoms with Crippen molar-refractivity contribution in [3.63, 3.8) is 0 Å². The summed E-state index contributed by atoms with van der Waals surface area (Å²) in [5.41, 5.74) is 0.471. The third-order valence-electron chi connectivity index (χ3n) is 3.62. The van der Waals surface area contributed by atoms with Gasteiger partial charge in [-0.05, 0) is 18.9 Å². The van der Waals surface area contributed by atoms with Crippen molar-refractivity contribution in [1.29, 1.82) is 0 Å². The minimum atomic E-state index is -0.464. The van der Waals surface area contributed by atoms with Gasteiger partial charge in [0.25, 0.3) is 5.69 Å². The molecule has 108 valence electrons. The maximum absolute atomic E-state index is 12.5. The lowest BCUT2D eigenvalue weighted by molar-refractivity contribution is -0.384. The van der Waals surface area contributed by atoms with E-state index < -0.39 is 4.92 Å². The van der Waals surface area contributed by atoms with Crippen molar-refractivity contribution in [2.24, 2.45) is 5.92 Å². The average molecular weight is 278 g/mol. The molecular formula is C14H18N2O4. The van der Waals surface area contributed by atoms with E-state index in [0.717, 1.165) is 12.8 Å². The minimum absolute atomic E-state index is 0.0139. The van der Waals surface area contributed by atoms with Gasteiger partial charge in [-0.25, -0.2) is 0 Å². The van der Waals surface area contributed by atoms with Crippen molar-refractivity contribution in [2.45, 2.75) is 26.7 Å². The lowest BCUT2D eigenvalue weighted by Crippen LogP contribution is -2.41. The number of fused-ring (bicyclic) bond motifs is 1. The molecule has 0 aromatic heterocycles. The number of nitro groups is 1. The number of rotatable bonds is 4. The van der Waals surface area contributed by atoms with Crippen LogP contribution in [0.15, 0.2) is 18.2 Å².